The smallest absolute Gasteiger partial charge is 0.256 e. The van der Waals surface area contributed by atoms with Gasteiger partial charge < -0.3 is 15.1 Å². The molecule has 1 aliphatic rings. The maximum atomic E-state index is 13.0. The molecule has 0 saturated heterocycles. The minimum atomic E-state index is -0.420. The summed E-state index contributed by atoms with van der Waals surface area (Å²) in [6, 6.07) is 9.74. The van der Waals surface area contributed by atoms with Gasteiger partial charge in [-0.1, -0.05) is 0 Å². The fourth-order valence-corrected chi connectivity index (χ4v) is 3.88. The Balaban J connectivity index is 1.64. The number of thiophene rings is 1. The number of anilines is 1. The molecule has 1 unspecified atom stereocenters. The lowest BCUT2D eigenvalue weighted by molar-refractivity contribution is 0.0931. The predicted octanol–water partition coefficient (Wildman–Crippen LogP) is 4.62. The highest BCUT2D eigenvalue weighted by atomic mass is 32.1. The fourth-order valence-electron chi connectivity index (χ4n) is 2.79. The van der Waals surface area contributed by atoms with Crippen LogP contribution in [0.2, 0.25) is 0 Å². The van der Waals surface area contributed by atoms with E-state index in [-0.39, 0.29) is 11.7 Å². The number of amides is 1. The van der Waals surface area contributed by atoms with Gasteiger partial charge in [0.15, 0.2) is 6.17 Å². The summed E-state index contributed by atoms with van der Waals surface area (Å²) in [5.74, 6) is 0.848. The van der Waals surface area contributed by atoms with E-state index < -0.39 is 6.17 Å². The van der Waals surface area contributed by atoms with Crippen LogP contribution in [-0.4, -0.2) is 5.91 Å². The van der Waals surface area contributed by atoms with E-state index in [0.29, 0.717) is 17.1 Å². The van der Waals surface area contributed by atoms with Gasteiger partial charge in [0.25, 0.3) is 5.91 Å². The molecule has 122 valence electrons. The van der Waals surface area contributed by atoms with Crippen molar-refractivity contribution in [2.75, 3.05) is 5.32 Å². The number of benzene rings is 1. The van der Waals surface area contributed by atoms with Gasteiger partial charge in [0.05, 0.1) is 5.56 Å². The van der Waals surface area contributed by atoms with E-state index in [1.54, 1.807) is 23.5 Å². The van der Waals surface area contributed by atoms with Crippen molar-refractivity contribution >= 4 is 22.2 Å². The molecule has 1 atom stereocenters. The number of aryl methyl sites for hydroxylation is 1. The topological polar surface area (TPSA) is 54.3 Å². The van der Waals surface area contributed by atoms with Crippen molar-refractivity contribution in [1.82, 2.24) is 5.32 Å². The minimum Gasteiger partial charge on any atom is -0.457 e. The maximum Gasteiger partial charge on any atom is 0.256 e. The van der Waals surface area contributed by atoms with Crippen molar-refractivity contribution < 1.29 is 13.6 Å². The summed E-state index contributed by atoms with van der Waals surface area (Å²) in [6.45, 7) is 3.95. The Kier molecular flexibility index (Phi) is 3.42. The lowest BCUT2D eigenvalue weighted by atomic mass is 10.1. The van der Waals surface area contributed by atoms with E-state index >= 15 is 0 Å². The molecule has 0 radical (unpaired) electrons. The number of carbonyl (C=O) groups excluding carboxylic acids is 1. The monoisotopic (exact) mass is 342 g/mol. The highest BCUT2D eigenvalue weighted by molar-refractivity contribution is 7.16. The van der Waals surface area contributed by atoms with Crippen molar-refractivity contribution in [3.63, 3.8) is 0 Å². The van der Waals surface area contributed by atoms with Gasteiger partial charge in [-0.2, -0.15) is 0 Å². The Morgan fingerprint density at radius 1 is 1.08 bits per heavy atom. The summed E-state index contributed by atoms with van der Waals surface area (Å²) >= 11 is 1.57. The third kappa shape index (κ3) is 2.39. The van der Waals surface area contributed by atoms with Crippen molar-refractivity contribution in [2.45, 2.75) is 20.0 Å². The van der Waals surface area contributed by atoms with Gasteiger partial charge in [-0.3, -0.25) is 4.79 Å². The van der Waals surface area contributed by atoms with Crippen LogP contribution in [0.15, 0.2) is 40.8 Å². The van der Waals surface area contributed by atoms with Gasteiger partial charge in [-0.25, -0.2) is 4.39 Å². The van der Waals surface area contributed by atoms with Gasteiger partial charge in [0.1, 0.15) is 22.3 Å². The fraction of sp³-hybridized carbons (Fsp3) is 0.167. The lowest BCUT2D eigenvalue weighted by Crippen LogP contribution is -2.37. The van der Waals surface area contributed by atoms with E-state index in [2.05, 4.69) is 10.6 Å². The number of nitrogens with one attached hydrogen (secondary N) is 2. The van der Waals surface area contributed by atoms with Crippen LogP contribution in [0.25, 0.3) is 11.3 Å². The summed E-state index contributed by atoms with van der Waals surface area (Å²) in [6.07, 6.45) is -0.420. The molecule has 6 heteroatoms. The average molecular weight is 342 g/mol. The zero-order chi connectivity index (χ0) is 16.8. The Hall–Kier alpha value is -2.60. The van der Waals surface area contributed by atoms with E-state index in [1.165, 1.54) is 12.1 Å². The summed E-state index contributed by atoms with van der Waals surface area (Å²) in [4.78, 5) is 13.5. The summed E-state index contributed by atoms with van der Waals surface area (Å²) in [5.41, 5.74) is 2.50. The molecule has 2 N–H and O–H groups in total. The SMILES string of the molecule is Cc1sc2c(c1C)C(=O)NC(c1ccc(-c3ccc(F)cc3)o1)N2. The van der Waals surface area contributed by atoms with Crippen LogP contribution in [-0.2, 0) is 0 Å². The maximum absolute atomic E-state index is 13.0. The Labute approximate surface area is 142 Å². The molecule has 1 aromatic carbocycles. The molecule has 3 aromatic rings. The quantitative estimate of drug-likeness (QED) is 0.714. The molecule has 0 saturated carbocycles. The number of furan rings is 1. The van der Waals surface area contributed by atoms with Crippen molar-refractivity contribution in [2.24, 2.45) is 0 Å². The minimum absolute atomic E-state index is 0.102. The number of carbonyl (C=O) groups is 1. The van der Waals surface area contributed by atoms with Gasteiger partial charge in [-0.15, -0.1) is 11.3 Å². The predicted molar refractivity (Wildman–Crippen MR) is 91.7 cm³/mol. The van der Waals surface area contributed by atoms with Crippen molar-refractivity contribution in [1.29, 1.82) is 0 Å². The molecule has 0 spiro atoms. The van der Waals surface area contributed by atoms with Gasteiger partial charge in [0, 0.05) is 10.4 Å². The molecule has 24 heavy (non-hydrogen) atoms. The van der Waals surface area contributed by atoms with Gasteiger partial charge in [-0.05, 0) is 55.8 Å². The van der Waals surface area contributed by atoms with Crippen LogP contribution in [0.5, 0.6) is 0 Å². The normalized spacial score (nSPS) is 16.5. The Bertz CT molecular complexity index is 927. The van der Waals surface area contributed by atoms with Crippen LogP contribution in [0.4, 0.5) is 9.39 Å². The van der Waals surface area contributed by atoms with Crippen LogP contribution >= 0.6 is 11.3 Å². The number of halogens is 1. The standard InChI is InChI=1S/C18H15FN2O2S/c1-9-10(2)24-18-15(9)17(22)20-16(21-18)14-8-7-13(23-14)11-3-5-12(19)6-4-11/h3-8,16,21H,1-2H3,(H,20,22). The van der Waals surface area contributed by atoms with Crippen LogP contribution in [0.3, 0.4) is 0 Å². The van der Waals surface area contributed by atoms with Crippen molar-refractivity contribution in [3.8, 4) is 11.3 Å². The largest absolute Gasteiger partial charge is 0.457 e. The average Bonchev–Trinajstić information content (AvgIpc) is 3.14. The van der Waals surface area contributed by atoms with Crippen molar-refractivity contribution in [3.05, 3.63) is 64.0 Å². The molecular formula is C18H15FN2O2S. The third-order valence-electron chi connectivity index (χ3n) is 4.20. The molecule has 4 rings (SSSR count). The summed E-state index contributed by atoms with van der Waals surface area (Å²) in [7, 11) is 0. The van der Waals surface area contributed by atoms with E-state index in [4.69, 9.17) is 4.42 Å². The molecule has 0 bridgehead atoms. The first-order chi connectivity index (χ1) is 11.5. The van der Waals surface area contributed by atoms with Crippen LogP contribution in [0.1, 0.15) is 32.7 Å². The first-order valence-electron chi connectivity index (χ1n) is 7.56. The summed E-state index contributed by atoms with van der Waals surface area (Å²) in [5, 5.41) is 7.09. The number of hydrogen-bond acceptors (Lipinski definition) is 4. The van der Waals surface area contributed by atoms with Gasteiger partial charge in [0.2, 0.25) is 0 Å². The molecule has 0 aliphatic carbocycles. The summed E-state index contributed by atoms with van der Waals surface area (Å²) < 4.78 is 18.9. The molecule has 3 heterocycles. The Morgan fingerprint density at radius 2 is 1.83 bits per heavy atom. The van der Waals surface area contributed by atoms with Gasteiger partial charge >= 0.3 is 0 Å². The molecular weight excluding hydrogens is 327 g/mol. The van der Waals surface area contributed by atoms with E-state index in [9.17, 15) is 9.18 Å². The molecule has 4 nitrogen and oxygen atoms in total. The molecule has 1 amide bonds. The third-order valence-corrected chi connectivity index (χ3v) is 5.34. The van der Waals surface area contributed by atoms with Crippen LogP contribution < -0.4 is 10.6 Å². The van der Waals surface area contributed by atoms with E-state index in [0.717, 1.165) is 21.0 Å². The zero-order valence-corrected chi connectivity index (χ0v) is 14.0. The highest BCUT2D eigenvalue weighted by Crippen LogP contribution is 2.38. The second-order valence-electron chi connectivity index (χ2n) is 5.75. The highest BCUT2D eigenvalue weighted by Gasteiger charge is 2.30. The second kappa shape index (κ2) is 5.49. The number of hydrogen-bond donors (Lipinski definition) is 2. The first kappa shape index (κ1) is 15.0. The first-order valence-corrected chi connectivity index (χ1v) is 8.37. The Morgan fingerprint density at radius 3 is 2.58 bits per heavy atom. The molecule has 2 aromatic heterocycles. The number of fused-ring (bicyclic) bond motifs is 1. The zero-order valence-electron chi connectivity index (χ0n) is 13.1. The van der Waals surface area contributed by atoms with E-state index in [1.807, 2.05) is 26.0 Å². The number of rotatable bonds is 2. The van der Waals surface area contributed by atoms with Crippen LogP contribution in [0, 0.1) is 19.7 Å². The molecule has 0 fully saturated rings. The lowest BCUT2D eigenvalue weighted by Gasteiger charge is -2.24. The molecule has 1 aliphatic heterocycles. The second-order valence-corrected chi connectivity index (χ2v) is 6.97.